The lowest BCUT2D eigenvalue weighted by molar-refractivity contribution is 0.133. The molecule has 1 aliphatic rings. The molecule has 24 heavy (non-hydrogen) atoms. The second kappa shape index (κ2) is 10.2. The number of aryl methyl sites for hydroxylation is 1. The van der Waals surface area contributed by atoms with Crippen LogP contribution in [0.3, 0.4) is 0 Å². The monoisotopic (exact) mass is 329 g/mol. The van der Waals surface area contributed by atoms with Crippen molar-refractivity contribution in [3.8, 4) is 0 Å². The first-order valence-electron chi connectivity index (χ1n) is 10.4. The summed E-state index contributed by atoms with van der Waals surface area (Å²) in [6.07, 6.45) is 16.3. The van der Waals surface area contributed by atoms with Crippen molar-refractivity contribution in [3.63, 3.8) is 0 Å². The van der Waals surface area contributed by atoms with Crippen molar-refractivity contribution in [2.45, 2.75) is 90.9 Å². The van der Waals surface area contributed by atoms with Gasteiger partial charge in [-0.1, -0.05) is 76.6 Å². The summed E-state index contributed by atoms with van der Waals surface area (Å²) < 4.78 is 0. The van der Waals surface area contributed by atoms with E-state index in [1.165, 1.54) is 70.6 Å². The van der Waals surface area contributed by atoms with E-state index in [0.29, 0.717) is 5.41 Å². The predicted octanol–water partition coefficient (Wildman–Crippen LogP) is 6.29. The van der Waals surface area contributed by atoms with Gasteiger partial charge in [0.15, 0.2) is 0 Å². The Bertz CT molecular complexity index is 455. The Balaban J connectivity index is 2.10. The Morgan fingerprint density at radius 1 is 0.875 bits per heavy atom. The van der Waals surface area contributed by atoms with Crippen molar-refractivity contribution < 1.29 is 0 Å². The van der Waals surface area contributed by atoms with Gasteiger partial charge in [0, 0.05) is 0 Å². The summed E-state index contributed by atoms with van der Waals surface area (Å²) in [5.41, 5.74) is 9.38. The van der Waals surface area contributed by atoms with Gasteiger partial charge >= 0.3 is 0 Å². The molecule has 0 unspecified atom stereocenters. The summed E-state index contributed by atoms with van der Waals surface area (Å²) in [5.74, 6) is 0.779. The topological polar surface area (TPSA) is 26.0 Å². The Hall–Kier alpha value is -0.820. The minimum absolute atomic E-state index is 0.522. The zero-order valence-electron chi connectivity index (χ0n) is 16.2. The molecule has 0 spiro atoms. The van der Waals surface area contributed by atoms with Crippen LogP contribution in [0, 0.1) is 11.3 Å². The second-order valence-electron chi connectivity index (χ2n) is 8.33. The van der Waals surface area contributed by atoms with E-state index in [-0.39, 0.29) is 0 Å². The lowest BCUT2D eigenvalue weighted by Crippen LogP contribution is -2.31. The highest BCUT2D eigenvalue weighted by Gasteiger charge is 2.34. The number of rotatable bonds is 8. The Kier molecular flexibility index (Phi) is 8.32. The fourth-order valence-electron chi connectivity index (χ4n) is 4.56. The van der Waals surface area contributed by atoms with Gasteiger partial charge in [-0.2, -0.15) is 0 Å². The molecule has 0 aromatic heterocycles. The molecule has 0 atom stereocenters. The molecule has 1 aliphatic carbocycles. The maximum Gasteiger partial charge on any atom is -0.00773 e. The van der Waals surface area contributed by atoms with E-state index in [0.717, 1.165) is 18.9 Å². The Labute approximate surface area is 150 Å². The van der Waals surface area contributed by atoms with Crippen molar-refractivity contribution >= 4 is 0 Å². The van der Waals surface area contributed by atoms with E-state index in [1.807, 2.05) is 0 Å². The molecule has 0 amide bonds. The number of benzene rings is 1. The molecule has 1 heteroatoms. The first-order chi connectivity index (χ1) is 11.7. The number of hydrogen-bond acceptors (Lipinski definition) is 1. The molecule has 1 aromatic carbocycles. The van der Waals surface area contributed by atoms with Crippen LogP contribution in [-0.4, -0.2) is 6.54 Å². The lowest BCUT2D eigenvalue weighted by atomic mass is 9.65. The van der Waals surface area contributed by atoms with E-state index < -0.39 is 0 Å². The molecule has 0 bridgehead atoms. The van der Waals surface area contributed by atoms with Crippen molar-refractivity contribution in [1.29, 1.82) is 0 Å². The van der Waals surface area contributed by atoms with Crippen LogP contribution in [0.15, 0.2) is 24.3 Å². The largest absolute Gasteiger partial charge is 0.330 e. The highest BCUT2D eigenvalue weighted by Crippen LogP contribution is 2.44. The molecule has 1 saturated carbocycles. The molecule has 1 fully saturated rings. The Morgan fingerprint density at radius 3 is 2.12 bits per heavy atom. The van der Waals surface area contributed by atoms with Crippen LogP contribution in [0.25, 0.3) is 0 Å². The third kappa shape index (κ3) is 5.62. The molecular weight excluding hydrogens is 290 g/mol. The maximum atomic E-state index is 5.64. The molecular formula is C23H39N. The van der Waals surface area contributed by atoms with Crippen molar-refractivity contribution in [1.82, 2.24) is 0 Å². The average molecular weight is 330 g/mol. The van der Waals surface area contributed by atoms with Crippen LogP contribution >= 0.6 is 0 Å². The standard InChI is InChI=1S/C23H39N/c1-20(2)23(16-10-4-3-5-11-17-23)19-22-15-9-8-14-21(22)13-7-6-12-18-24/h8-9,14-15,20H,3-7,10-13,16-19,24H2,1-2H3. The second-order valence-corrected chi connectivity index (χ2v) is 8.33. The van der Waals surface area contributed by atoms with Crippen molar-refractivity contribution in [2.75, 3.05) is 6.54 Å². The molecule has 0 saturated heterocycles. The Morgan fingerprint density at radius 2 is 1.50 bits per heavy atom. The number of unbranched alkanes of at least 4 members (excludes halogenated alkanes) is 2. The van der Waals surface area contributed by atoms with E-state index in [1.54, 1.807) is 11.1 Å². The lowest BCUT2D eigenvalue weighted by Gasteiger charge is -2.40. The highest BCUT2D eigenvalue weighted by molar-refractivity contribution is 5.28. The van der Waals surface area contributed by atoms with Gasteiger partial charge < -0.3 is 5.73 Å². The van der Waals surface area contributed by atoms with Gasteiger partial charge in [0.2, 0.25) is 0 Å². The van der Waals surface area contributed by atoms with Crippen LogP contribution in [0.2, 0.25) is 0 Å². The van der Waals surface area contributed by atoms with Crippen molar-refractivity contribution in [2.24, 2.45) is 17.1 Å². The van der Waals surface area contributed by atoms with Gasteiger partial charge in [0.25, 0.3) is 0 Å². The maximum absolute atomic E-state index is 5.64. The molecule has 1 nitrogen and oxygen atoms in total. The smallest absolute Gasteiger partial charge is 0.00773 e. The van der Waals surface area contributed by atoms with Crippen LogP contribution in [0.5, 0.6) is 0 Å². The van der Waals surface area contributed by atoms with Crippen LogP contribution < -0.4 is 5.73 Å². The van der Waals surface area contributed by atoms with Gasteiger partial charge in [-0.15, -0.1) is 0 Å². The normalized spacial score (nSPS) is 18.3. The van der Waals surface area contributed by atoms with E-state index in [9.17, 15) is 0 Å². The summed E-state index contributed by atoms with van der Waals surface area (Å²) in [5, 5.41) is 0. The van der Waals surface area contributed by atoms with Gasteiger partial charge in [-0.05, 0) is 67.5 Å². The minimum Gasteiger partial charge on any atom is -0.330 e. The summed E-state index contributed by atoms with van der Waals surface area (Å²) in [4.78, 5) is 0. The molecule has 2 rings (SSSR count). The molecule has 1 aromatic rings. The first-order valence-corrected chi connectivity index (χ1v) is 10.4. The van der Waals surface area contributed by atoms with Gasteiger partial charge in [0.1, 0.15) is 0 Å². The van der Waals surface area contributed by atoms with E-state index in [2.05, 4.69) is 38.1 Å². The first kappa shape index (κ1) is 19.5. The van der Waals surface area contributed by atoms with Gasteiger partial charge in [-0.3, -0.25) is 0 Å². The fraction of sp³-hybridized carbons (Fsp3) is 0.739. The van der Waals surface area contributed by atoms with E-state index >= 15 is 0 Å². The number of nitrogens with two attached hydrogens (primary N) is 1. The van der Waals surface area contributed by atoms with E-state index in [4.69, 9.17) is 5.73 Å². The molecule has 0 heterocycles. The molecule has 136 valence electrons. The quantitative estimate of drug-likeness (QED) is 0.557. The zero-order valence-corrected chi connectivity index (χ0v) is 16.2. The molecule has 2 N–H and O–H groups in total. The van der Waals surface area contributed by atoms with Crippen LogP contribution in [0.4, 0.5) is 0 Å². The predicted molar refractivity (Wildman–Crippen MR) is 106 cm³/mol. The number of hydrogen-bond donors (Lipinski definition) is 1. The SMILES string of the molecule is CC(C)C1(Cc2ccccc2CCCCCN)CCCCCCC1. The summed E-state index contributed by atoms with van der Waals surface area (Å²) in [7, 11) is 0. The summed E-state index contributed by atoms with van der Waals surface area (Å²) in [6.45, 7) is 5.76. The van der Waals surface area contributed by atoms with Gasteiger partial charge in [0.05, 0.1) is 0 Å². The molecule has 0 radical (unpaired) electrons. The third-order valence-electron chi connectivity index (χ3n) is 6.39. The van der Waals surface area contributed by atoms with Gasteiger partial charge in [-0.25, -0.2) is 0 Å². The third-order valence-corrected chi connectivity index (χ3v) is 6.39. The minimum atomic E-state index is 0.522. The summed E-state index contributed by atoms with van der Waals surface area (Å²) in [6, 6.07) is 9.24. The van der Waals surface area contributed by atoms with Crippen LogP contribution in [0.1, 0.15) is 89.2 Å². The zero-order chi connectivity index (χ0) is 17.3. The summed E-state index contributed by atoms with van der Waals surface area (Å²) >= 11 is 0. The molecule has 0 aliphatic heterocycles. The average Bonchev–Trinajstić information content (AvgIpc) is 2.55. The van der Waals surface area contributed by atoms with Crippen LogP contribution in [-0.2, 0) is 12.8 Å². The highest BCUT2D eigenvalue weighted by atomic mass is 14.5. The fourth-order valence-corrected chi connectivity index (χ4v) is 4.56. The van der Waals surface area contributed by atoms with Crippen molar-refractivity contribution in [3.05, 3.63) is 35.4 Å².